The second kappa shape index (κ2) is 8.81. The summed E-state index contributed by atoms with van der Waals surface area (Å²) in [6, 6.07) is 12.5. The van der Waals surface area contributed by atoms with Gasteiger partial charge < -0.3 is 15.0 Å². The van der Waals surface area contributed by atoms with Crippen LogP contribution in [0, 0.1) is 11.3 Å². The number of fused-ring (bicyclic) bond motifs is 1. The summed E-state index contributed by atoms with van der Waals surface area (Å²) in [6.07, 6.45) is 1.64. The molecule has 3 heterocycles. The number of anilines is 2. The van der Waals surface area contributed by atoms with Crippen LogP contribution in [0.1, 0.15) is 43.2 Å². The molecule has 2 aromatic rings. The maximum Gasteiger partial charge on any atom is 0.293 e. The molecule has 1 fully saturated rings. The van der Waals surface area contributed by atoms with E-state index in [0.717, 1.165) is 72.3 Å². The van der Waals surface area contributed by atoms with Gasteiger partial charge in [0.1, 0.15) is 30.4 Å². The minimum Gasteiger partial charge on any atom is -0.370 e. The van der Waals surface area contributed by atoms with Gasteiger partial charge in [-0.2, -0.15) is 5.26 Å². The third kappa shape index (κ3) is 4.51. The lowest BCUT2D eigenvalue weighted by molar-refractivity contribution is -0.378. The normalized spacial score (nSPS) is 17.6. The fraction of sp³-hybridized carbons (Fsp3) is 0.458. The Hall–Kier alpha value is -2.69. The van der Waals surface area contributed by atoms with E-state index in [9.17, 15) is 5.26 Å². The summed E-state index contributed by atoms with van der Waals surface area (Å²) in [7, 11) is 0. The Kier molecular flexibility index (Phi) is 6.12. The summed E-state index contributed by atoms with van der Waals surface area (Å²) in [5.41, 5.74) is 4.99. The first-order chi connectivity index (χ1) is 14.9. The molecule has 1 saturated heterocycles. The number of nitrogens with one attached hydrogen (secondary N) is 2. The van der Waals surface area contributed by atoms with Gasteiger partial charge in [-0.05, 0) is 43.8 Å². The SMILES string of the molecule is CCc1[nH+]c(N2CCN(C(=S)Nc3ccccc3)CC2)c(C#N)c2c1COC(C)(C)C2. The third-order valence-electron chi connectivity index (χ3n) is 6.12. The number of piperazine rings is 1. The van der Waals surface area contributed by atoms with Gasteiger partial charge in [0.25, 0.3) is 5.82 Å². The fourth-order valence-corrected chi connectivity index (χ4v) is 4.69. The van der Waals surface area contributed by atoms with E-state index < -0.39 is 0 Å². The molecule has 0 aliphatic carbocycles. The molecule has 0 radical (unpaired) electrons. The summed E-state index contributed by atoms with van der Waals surface area (Å²) in [4.78, 5) is 8.07. The molecule has 0 bridgehead atoms. The molecule has 1 aromatic heterocycles. The number of benzene rings is 1. The predicted molar refractivity (Wildman–Crippen MR) is 126 cm³/mol. The van der Waals surface area contributed by atoms with Crippen molar-refractivity contribution in [3.63, 3.8) is 0 Å². The highest BCUT2D eigenvalue weighted by Gasteiger charge is 2.36. The summed E-state index contributed by atoms with van der Waals surface area (Å²) in [6.45, 7) is 10.1. The Balaban J connectivity index is 1.53. The van der Waals surface area contributed by atoms with E-state index in [1.54, 1.807) is 0 Å². The van der Waals surface area contributed by atoms with E-state index in [0.29, 0.717) is 6.61 Å². The number of ether oxygens (including phenoxy) is 1. The van der Waals surface area contributed by atoms with Crippen LogP contribution < -0.4 is 15.2 Å². The number of hydrogen-bond donors (Lipinski definition) is 1. The molecule has 4 rings (SSSR count). The van der Waals surface area contributed by atoms with Gasteiger partial charge in [-0.15, -0.1) is 0 Å². The number of aromatic amines is 1. The number of thiocarbonyl (C=S) groups is 1. The monoisotopic (exact) mass is 436 g/mol. The number of hydrogen-bond acceptors (Lipinski definition) is 4. The van der Waals surface area contributed by atoms with E-state index in [1.165, 1.54) is 5.69 Å². The fourth-order valence-electron chi connectivity index (χ4n) is 4.39. The average Bonchev–Trinajstić information content (AvgIpc) is 2.78. The molecule has 0 amide bonds. The minimum atomic E-state index is -0.254. The molecule has 0 atom stereocenters. The number of nitriles is 1. The van der Waals surface area contributed by atoms with Crippen molar-refractivity contribution < 1.29 is 9.72 Å². The first kappa shape index (κ1) is 21.5. The number of para-hydroxylation sites is 1. The Bertz CT molecular complexity index is 1010. The van der Waals surface area contributed by atoms with Crippen LogP contribution in [-0.2, 0) is 24.2 Å². The molecule has 0 unspecified atom stereocenters. The third-order valence-corrected chi connectivity index (χ3v) is 6.48. The first-order valence-electron chi connectivity index (χ1n) is 10.9. The lowest BCUT2D eigenvalue weighted by Gasteiger charge is -2.35. The second-order valence-corrected chi connectivity index (χ2v) is 9.13. The van der Waals surface area contributed by atoms with Crippen molar-refractivity contribution in [1.29, 1.82) is 5.26 Å². The van der Waals surface area contributed by atoms with Crippen LogP contribution in [0.2, 0.25) is 0 Å². The van der Waals surface area contributed by atoms with Crippen LogP contribution in [0.4, 0.5) is 11.5 Å². The standard InChI is InChI=1S/C24H29N5OS/c1-4-21-20-16-30-24(2,3)14-18(20)19(15-25)22(27-21)28-10-12-29(13-11-28)23(31)26-17-8-6-5-7-9-17/h5-9H,4,10-14,16H2,1-3H3,(H,26,31)/p+1. The quantitative estimate of drug-likeness (QED) is 0.745. The van der Waals surface area contributed by atoms with Gasteiger partial charge in [-0.25, -0.2) is 4.98 Å². The molecule has 0 saturated carbocycles. The van der Waals surface area contributed by atoms with Gasteiger partial charge in [0.2, 0.25) is 0 Å². The molecule has 7 heteroatoms. The van der Waals surface area contributed by atoms with Gasteiger partial charge in [0.05, 0.1) is 25.3 Å². The Labute approximate surface area is 189 Å². The van der Waals surface area contributed by atoms with Crippen molar-refractivity contribution in [3.8, 4) is 6.07 Å². The van der Waals surface area contributed by atoms with Crippen LogP contribution in [0.5, 0.6) is 0 Å². The highest BCUT2D eigenvalue weighted by molar-refractivity contribution is 7.80. The van der Waals surface area contributed by atoms with Crippen molar-refractivity contribution in [1.82, 2.24) is 4.90 Å². The zero-order chi connectivity index (χ0) is 22.0. The number of nitrogens with zero attached hydrogens (tertiary/aromatic N) is 3. The van der Waals surface area contributed by atoms with E-state index in [-0.39, 0.29) is 5.60 Å². The van der Waals surface area contributed by atoms with Crippen molar-refractivity contribution in [2.45, 2.75) is 45.8 Å². The molecule has 2 aliphatic rings. The topological polar surface area (TPSA) is 65.7 Å². The predicted octanol–water partition coefficient (Wildman–Crippen LogP) is 3.31. The highest BCUT2D eigenvalue weighted by Crippen LogP contribution is 2.34. The largest absolute Gasteiger partial charge is 0.370 e. The average molecular weight is 437 g/mol. The zero-order valence-electron chi connectivity index (χ0n) is 18.5. The van der Waals surface area contributed by atoms with E-state index in [1.807, 2.05) is 30.3 Å². The second-order valence-electron chi connectivity index (χ2n) is 8.75. The maximum atomic E-state index is 10.1. The van der Waals surface area contributed by atoms with Gasteiger partial charge in [0.15, 0.2) is 5.11 Å². The van der Waals surface area contributed by atoms with Crippen molar-refractivity contribution >= 4 is 28.8 Å². The molecular formula is C24H30N5OS+. The summed E-state index contributed by atoms with van der Waals surface area (Å²) in [5.74, 6) is 0.942. The molecule has 31 heavy (non-hydrogen) atoms. The molecule has 2 aliphatic heterocycles. The van der Waals surface area contributed by atoms with Crippen LogP contribution in [0.15, 0.2) is 30.3 Å². The van der Waals surface area contributed by atoms with E-state index >= 15 is 0 Å². The first-order valence-corrected chi connectivity index (χ1v) is 11.3. The molecular weight excluding hydrogens is 406 g/mol. The number of rotatable bonds is 3. The summed E-state index contributed by atoms with van der Waals surface area (Å²) >= 11 is 5.63. The minimum absolute atomic E-state index is 0.254. The number of aromatic nitrogens is 1. The zero-order valence-corrected chi connectivity index (χ0v) is 19.3. The molecule has 1 aromatic carbocycles. The number of H-pyrrole nitrogens is 1. The van der Waals surface area contributed by atoms with Crippen LogP contribution in [0.25, 0.3) is 0 Å². The van der Waals surface area contributed by atoms with Crippen molar-refractivity contribution in [2.24, 2.45) is 0 Å². The summed E-state index contributed by atoms with van der Waals surface area (Å²) in [5, 5.41) is 14.1. The molecule has 6 nitrogen and oxygen atoms in total. The smallest absolute Gasteiger partial charge is 0.293 e. The lowest BCUT2D eigenvalue weighted by atomic mass is 9.87. The highest BCUT2D eigenvalue weighted by atomic mass is 32.1. The maximum absolute atomic E-state index is 10.1. The van der Waals surface area contributed by atoms with E-state index in [4.69, 9.17) is 17.0 Å². The lowest BCUT2D eigenvalue weighted by Crippen LogP contribution is -2.51. The van der Waals surface area contributed by atoms with Gasteiger partial charge in [-0.1, -0.05) is 25.1 Å². The van der Waals surface area contributed by atoms with Crippen LogP contribution in [-0.4, -0.2) is 41.8 Å². The van der Waals surface area contributed by atoms with Crippen LogP contribution in [0.3, 0.4) is 0 Å². The van der Waals surface area contributed by atoms with Crippen molar-refractivity contribution in [3.05, 3.63) is 52.7 Å². The molecule has 162 valence electrons. The van der Waals surface area contributed by atoms with Crippen molar-refractivity contribution in [2.75, 3.05) is 36.4 Å². The Morgan fingerprint density at radius 3 is 2.55 bits per heavy atom. The van der Waals surface area contributed by atoms with Gasteiger partial charge in [-0.3, -0.25) is 4.90 Å². The number of pyridine rings is 1. The Morgan fingerprint density at radius 2 is 1.90 bits per heavy atom. The van der Waals surface area contributed by atoms with Gasteiger partial charge in [0, 0.05) is 24.1 Å². The van der Waals surface area contributed by atoms with Gasteiger partial charge >= 0.3 is 0 Å². The molecule has 2 N–H and O–H groups in total. The van der Waals surface area contributed by atoms with Crippen LogP contribution >= 0.6 is 12.2 Å². The molecule has 0 spiro atoms. The van der Waals surface area contributed by atoms with E-state index in [2.05, 4.69) is 46.9 Å². The summed E-state index contributed by atoms with van der Waals surface area (Å²) < 4.78 is 6.04. The Morgan fingerprint density at radius 1 is 1.19 bits per heavy atom. The number of aryl methyl sites for hydroxylation is 1.